The Morgan fingerprint density at radius 3 is 1.40 bits per heavy atom. The number of amides is 2. The summed E-state index contributed by atoms with van der Waals surface area (Å²) in [6, 6.07) is 39.9. The van der Waals surface area contributed by atoms with Gasteiger partial charge in [0.25, 0.3) is 0 Å². The van der Waals surface area contributed by atoms with Crippen molar-refractivity contribution >= 4 is 57.6 Å². The Labute approximate surface area is 283 Å². The van der Waals surface area contributed by atoms with E-state index in [1.54, 1.807) is 18.2 Å². The van der Waals surface area contributed by atoms with Crippen LogP contribution in [0.25, 0.3) is 11.1 Å². The summed E-state index contributed by atoms with van der Waals surface area (Å²) in [4.78, 5) is 47.3. The molecule has 1 heterocycles. The number of halogens is 2. The average Bonchev–Trinajstić information content (AvgIpc) is 3.59. The summed E-state index contributed by atoms with van der Waals surface area (Å²) >= 11 is 13.1. The lowest BCUT2D eigenvalue weighted by molar-refractivity contribution is -0.130. The molecule has 4 atom stereocenters. The molecule has 47 heavy (non-hydrogen) atoms. The van der Waals surface area contributed by atoms with Crippen molar-refractivity contribution in [1.82, 2.24) is 0 Å². The van der Waals surface area contributed by atoms with Gasteiger partial charge in [-0.1, -0.05) is 144 Å². The molecule has 2 aliphatic carbocycles. The molecule has 5 aromatic rings. The Hall–Kier alpha value is -4.77. The first kappa shape index (κ1) is 29.6. The van der Waals surface area contributed by atoms with Gasteiger partial charge in [-0.15, -0.1) is 0 Å². The van der Waals surface area contributed by atoms with Crippen molar-refractivity contribution in [3.8, 4) is 0 Å². The van der Waals surface area contributed by atoms with Crippen molar-refractivity contribution in [3.63, 3.8) is 0 Å². The molecule has 0 radical (unpaired) electrons. The van der Waals surface area contributed by atoms with E-state index in [1.165, 1.54) is 4.90 Å². The predicted molar refractivity (Wildman–Crippen MR) is 186 cm³/mol. The van der Waals surface area contributed by atoms with Gasteiger partial charge in [-0.3, -0.25) is 14.4 Å². The molecule has 0 N–H and O–H groups in total. The van der Waals surface area contributed by atoms with E-state index in [4.69, 9.17) is 23.2 Å². The molecule has 5 aromatic carbocycles. The van der Waals surface area contributed by atoms with Gasteiger partial charge in [0.2, 0.25) is 11.8 Å². The maximum Gasteiger partial charge on any atom is 0.239 e. The molecular weight excluding hydrogens is 625 g/mol. The number of fused-ring (bicyclic) bond motifs is 5. The van der Waals surface area contributed by atoms with E-state index in [0.717, 1.165) is 33.4 Å². The number of allylic oxidation sites excluding steroid dienone is 2. The number of aryl methyl sites for hydroxylation is 2. The fraction of sp³-hybridized carbons (Fsp3) is 0.146. The molecule has 1 saturated heterocycles. The number of Topliss-reactive ketones (excluding diaryl/α,β-unsaturated/α-hetero) is 1. The number of carbonyl (C=O) groups is 3. The first-order valence-electron chi connectivity index (χ1n) is 15.6. The normalized spacial score (nSPS) is 24.8. The topological polar surface area (TPSA) is 54.5 Å². The van der Waals surface area contributed by atoms with Crippen LogP contribution in [0.5, 0.6) is 0 Å². The SMILES string of the molecule is Cc1ccc(C2=C(c3ccc(C)cc3)[C@@]3(c4ccccc4)C(=O)[C@@]2(c2ccccc2)[C@@H]2C(=O)N(c4cc(Cl)ccc4Cl)C(=O)[C@@H]23)cc1. The predicted octanol–water partition coefficient (Wildman–Crippen LogP) is 8.80. The zero-order valence-corrected chi connectivity index (χ0v) is 27.2. The van der Waals surface area contributed by atoms with E-state index < -0.39 is 34.5 Å². The highest BCUT2D eigenvalue weighted by molar-refractivity contribution is 6.42. The summed E-state index contributed by atoms with van der Waals surface area (Å²) in [6.07, 6.45) is 0. The second-order valence-corrected chi connectivity index (χ2v) is 13.6. The first-order chi connectivity index (χ1) is 22.7. The molecule has 6 heteroatoms. The van der Waals surface area contributed by atoms with Crippen LogP contribution in [-0.4, -0.2) is 17.6 Å². The number of anilines is 1. The van der Waals surface area contributed by atoms with E-state index in [-0.39, 0.29) is 16.5 Å². The van der Waals surface area contributed by atoms with E-state index >= 15 is 14.4 Å². The summed E-state index contributed by atoms with van der Waals surface area (Å²) < 4.78 is 0. The molecule has 0 unspecified atom stereocenters. The summed E-state index contributed by atoms with van der Waals surface area (Å²) in [5, 5.41) is 0.568. The molecule has 0 spiro atoms. The molecule has 1 saturated carbocycles. The number of rotatable bonds is 5. The van der Waals surface area contributed by atoms with E-state index in [9.17, 15) is 0 Å². The number of imide groups is 1. The monoisotopic (exact) mass is 653 g/mol. The quantitative estimate of drug-likeness (QED) is 0.178. The van der Waals surface area contributed by atoms with Gasteiger partial charge in [0.05, 0.1) is 33.4 Å². The van der Waals surface area contributed by atoms with Crippen LogP contribution in [-0.2, 0) is 25.2 Å². The fourth-order valence-electron chi connectivity index (χ4n) is 8.46. The van der Waals surface area contributed by atoms with Crippen molar-refractivity contribution in [2.45, 2.75) is 24.7 Å². The number of nitrogens with zero attached hydrogens (tertiary/aromatic N) is 1. The van der Waals surface area contributed by atoms with Crippen molar-refractivity contribution in [3.05, 3.63) is 171 Å². The van der Waals surface area contributed by atoms with Crippen molar-refractivity contribution in [2.24, 2.45) is 11.8 Å². The summed E-state index contributed by atoms with van der Waals surface area (Å²) in [5.74, 6) is -3.17. The molecule has 4 nitrogen and oxygen atoms in total. The fourth-order valence-corrected chi connectivity index (χ4v) is 8.83. The highest BCUT2D eigenvalue weighted by Gasteiger charge is 2.82. The van der Waals surface area contributed by atoms with Gasteiger partial charge in [-0.2, -0.15) is 0 Å². The third kappa shape index (κ3) is 3.86. The van der Waals surface area contributed by atoms with Crippen LogP contribution < -0.4 is 4.90 Å². The summed E-state index contributed by atoms with van der Waals surface area (Å²) in [6.45, 7) is 4.04. The van der Waals surface area contributed by atoms with Crippen LogP contribution in [0.15, 0.2) is 127 Å². The van der Waals surface area contributed by atoms with Gasteiger partial charge < -0.3 is 0 Å². The lowest BCUT2D eigenvalue weighted by atomic mass is 9.59. The smallest absolute Gasteiger partial charge is 0.239 e. The maximum atomic E-state index is 16.0. The molecule has 2 fully saturated rings. The van der Waals surface area contributed by atoms with Crippen molar-refractivity contribution in [2.75, 3.05) is 4.90 Å². The number of hydrogen-bond donors (Lipinski definition) is 0. The Balaban J connectivity index is 1.56. The molecule has 3 aliphatic rings. The van der Waals surface area contributed by atoms with Gasteiger partial charge in [-0.25, -0.2) is 4.90 Å². The van der Waals surface area contributed by atoms with E-state index in [2.05, 4.69) is 0 Å². The van der Waals surface area contributed by atoms with Crippen LogP contribution in [0.3, 0.4) is 0 Å². The highest BCUT2D eigenvalue weighted by Crippen LogP contribution is 2.74. The van der Waals surface area contributed by atoms with Crippen LogP contribution in [0.2, 0.25) is 10.0 Å². The summed E-state index contributed by atoms with van der Waals surface area (Å²) in [7, 11) is 0. The van der Waals surface area contributed by atoms with Crippen LogP contribution in [0, 0.1) is 25.7 Å². The molecule has 0 aromatic heterocycles. The second-order valence-electron chi connectivity index (χ2n) is 12.7. The zero-order valence-electron chi connectivity index (χ0n) is 25.7. The third-order valence-corrected chi connectivity index (χ3v) is 10.8. The minimum absolute atomic E-state index is 0.165. The summed E-state index contributed by atoms with van der Waals surface area (Å²) in [5.41, 5.74) is 3.91. The average molecular weight is 655 g/mol. The molecule has 2 amide bonds. The molecule has 2 bridgehead atoms. The molecular formula is C41H29Cl2NO3. The Bertz CT molecular complexity index is 2010. The van der Waals surface area contributed by atoms with Crippen LogP contribution >= 0.6 is 23.2 Å². The third-order valence-electron chi connectivity index (χ3n) is 10.3. The van der Waals surface area contributed by atoms with Gasteiger partial charge in [0.15, 0.2) is 5.78 Å². The molecule has 230 valence electrons. The van der Waals surface area contributed by atoms with Crippen molar-refractivity contribution < 1.29 is 14.4 Å². The largest absolute Gasteiger partial charge is 0.297 e. The van der Waals surface area contributed by atoms with Crippen LogP contribution in [0.1, 0.15) is 33.4 Å². The Morgan fingerprint density at radius 1 is 0.553 bits per heavy atom. The minimum Gasteiger partial charge on any atom is -0.297 e. The standard InChI is InChI=1S/C41H29Cl2NO3/c1-24-13-17-26(18-14-24)33-34(27-19-15-25(2)16-20-27)41(29-11-7-4-8-12-29)36-35(40(33,39(41)47)28-9-5-3-6-10-28)37(45)44(38(36)46)32-23-30(42)21-22-31(32)43/h3-23,35-36H,1-2H3/t35-,36+,40-,41-/m1/s1. The number of benzene rings is 5. The second kappa shape index (κ2) is 10.6. The number of carbonyl (C=O) groups excluding carboxylic acids is 3. The Kier molecular flexibility index (Phi) is 6.70. The van der Waals surface area contributed by atoms with Crippen molar-refractivity contribution in [1.29, 1.82) is 0 Å². The van der Waals surface area contributed by atoms with Gasteiger partial charge >= 0.3 is 0 Å². The van der Waals surface area contributed by atoms with Crippen LogP contribution in [0.4, 0.5) is 5.69 Å². The number of ketones is 1. The van der Waals surface area contributed by atoms with Gasteiger partial charge in [0, 0.05) is 5.02 Å². The number of hydrogen-bond acceptors (Lipinski definition) is 3. The van der Waals surface area contributed by atoms with Gasteiger partial charge in [-0.05, 0) is 65.4 Å². The van der Waals surface area contributed by atoms with Gasteiger partial charge in [0.1, 0.15) is 0 Å². The first-order valence-corrected chi connectivity index (χ1v) is 16.4. The highest BCUT2D eigenvalue weighted by atomic mass is 35.5. The van der Waals surface area contributed by atoms with E-state index in [1.807, 2.05) is 123 Å². The molecule has 8 rings (SSSR count). The minimum atomic E-state index is -1.48. The maximum absolute atomic E-state index is 16.0. The zero-order chi connectivity index (χ0) is 32.7. The molecule has 1 aliphatic heterocycles. The van der Waals surface area contributed by atoms with E-state index in [0.29, 0.717) is 16.1 Å². The Morgan fingerprint density at radius 2 is 0.979 bits per heavy atom. The lowest BCUT2D eigenvalue weighted by Gasteiger charge is -2.39. The lowest BCUT2D eigenvalue weighted by Crippen LogP contribution is -2.45.